The zero-order valence-corrected chi connectivity index (χ0v) is 18.1. The van der Waals surface area contributed by atoms with Gasteiger partial charge in [0.15, 0.2) is 0 Å². The van der Waals surface area contributed by atoms with Gasteiger partial charge in [-0.15, -0.1) is 0 Å². The summed E-state index contributed by atoms with van der Waals surface area (Å²) >= 11 is 3.26. The van der Waals surface area contributed by atoms with Crippen molar-refractivity contribution in [2.24, 2.45) is 0 Å². The van der Waals surface area contributed by atoms with Crippen LogP contribution < -0.4 is 5.32 Å². The van der Waals surface area contributed by atoms with Crippen molar-refractivity contribution < 1.29 is 9.18 Å². The Labute approximate surface area is 188 Å². The van der Waals surface area contributed by atoms with Gasteiger partial charge >= 0.3 is 6.03 Å². The number of nitrogens with zero attached hydrogens (tertiary/aromatic N) is 2. The lowest BCUT2D eigenvalue weighted by Gasteiger charge is -2.31. The third-order valence-corrected chi connectivity index (χ3v) is 6.01. The van der Waals surface area contributed by atoms with Gasteiger partial charge in [0.05, 0.1) is 24.0 Å². The molecule has 0 saturated heterocycles. The Balaban J connectivity index is 1.62. The molecule has 1 atom stereocenters. The molecule has 0 fully saturated rings. The Kier molecular flexibility index (Phi) is 5.08. The number of hydrogen-bond donors (Lipinski definition) is 1. The molecule has 0 saturated carbocycles. The highest BCUT2D eigenvalue weighted by atomic mass is 79.9. The summed E-state index contributed by atoms with van der Waals surface area (Å²) in [6.45, 7) is 0.390. The van der Waals surface area contributed by atoms with E-state index < -0.39 is 5.82 Å². The minimum atomic E-state index is -0.488. The predicted molar refractivity (Wildman–Crippen MR) is 123 cm³/mol. The number of nitrogens with one attached hydrogen (secondary N) is 1. The molecule has 1 N–H and O–H groups in total. The van der Waals surface area contributed by atoms with Gasteiger partial charge in [0, 0.05) is 16.4 Å². The van der Waals surface area contributed by atoms with E-state index in [1.807, 2.05) is 66.9 Å². The first-order chi connectivity index (χ1) is 15.1. The van der Waals surface area contributed by atoms with Crippen LogP contribution in [0.15, 0.2) is 95.6 Å². The lowest BCUT2D eigenvalue weighted by atomic mass is 10.0. The van der Waals surface area contributed by atoms with E-state index in [4.69, 9.17) is 0 Å². The summed E-state index contributed by atoms with van der Waals surface area (Å²) in [4.78, 5) is 15.3. The van der Waals surface area contributed by atoms with Crippen LogP contribution in [-0.4, -0.2) is 15.5 Å². The average molecular weight is 476 g/mol. The summed E-state index contributed by atoms with van der Waals surface area (Å²) in [5, 5.41) is 2.77. The summed E-state index contributed by atoms with van der Waals surface area (Å²) in [7, 11) is 0. The van der Waals surface area contributed by atoms with Crippen LogP contribution >= 0.6 is 15.9 Å². The number of anilines is 1. The molecule has 1 aliphatic heterocycles. The quantitative estimate of drug-likeness (QED) is 0.352. The first-order valence-electron chi connectivity index (χ1n) is 9.95. The number of carbonyl (C=O) groups excluding carboxylic acids is 1. The van der Waals surface area contributed by atoms with Crippen LogP contribution in [0.25, 0.3) is 5.69 Å². The second kappa shape index (κ2) is 8.04. The molecular weight excluding hydrogens is 457 g/mol. The van der Waals surface area contributed by atoms with Gasteiger partial charge in [-0.25, -0.2) is 9.18 Å². The maximum atomic E-state index is 14.4. The highest BCUT2D eigenvalue weighted by molar-refractivity contribution is 9.10. The van der Waals surface area contributed by atoms with Crippen LogP contribution in [0.5, 0.6) is 0 Å². The Morgan fingerprint density at radius 3 is 2.55 bits per heavy atom. The normalized spacial score (nSPS) is 15.0. The van der Waals surface area contributed by atoms with Gasteiger partial charge in [-0.05, 0) is 47.5 Å². The second-order valence-electron chi connectivity index (χ2n) is 7.43. The molecule has 3 aromatic carbocycles. The van der Waals surface area contributed by atoms with E-state index in [0.29, 0.717) is 11.0 Å². The first kappa shape index (κ1) is 19.6. The molecule has 4 nitrogen and oxygen atoms in total. The lowest BCUT2D eigenvalue weighted by molar-refractivity contribution is 0.194. The van der Waals surface area contributed by atoms with E-state index in [2.05, 4.69) is 31.9 Å². The van der Waals surface area contributed by atoms with E-state index in [1.54, 1.807) is 17.0 Å². The fourth-order valence-corrected chi connectivity index (χ4v) is 4.44. The van der Waals surface area contributed by atoms with Gasteiger partial charge in [-0.3, -0.25) is 0 Å². The van der Waals surface area contributed by atoms with Crippen LogP contribution in [0, 0.1) is 5.82 Å². The van der Waals surface area contributed by atoms with Gasteiger partial charge in [0.1, 0.15) is 5.82 Å². The molecule has 0 radical (unpaired) electrons. The molecule has 5 rings (SSSR count). The van der Waals surface area contributed by atoms with Crippen molar-refractivity contribution in [3.63, 3.8) is 0 Å². The predicted octanol–water partition coefficient (Wildman–Crippen LogP) is 6.52. The minimum Gasteiger partial charge on any atom is -0.318 e. The van der Waals surface area contributed by atoms with Crippen LogP contribution in [0.1, 0.15) is 22.9 Å². The van der Waals surface area contributed by atoms with Gasteiger partial charge in [-0.1, -0.05) is 64.5 Å². The summed E-state index contributed by atoms with van der Waals surface area (Å²) < 4.78 is 17.2. The van der Waals surface area contributed by atoms with Crippen molar-refractivity contribution in [3.05, 3.63) is 118 Å². The number of benzene rings is 3. The fraction of sp³-hybridized carbons (Fsp3) is 0.0800. The van der Waals surface area contributed by atoms with E-state index in [9.17, 15) is 9.18 Å². The number of halogens is 2. The molecular formula is C25H19BrFN3O. The number of fused-ring (bicyclic) bond motifs is 3. The Hall–Kier alpha value is -3.38. The maximum absolute atomic E-state index is 14.4. The molecule has 2 amide bonds. The van der Waals surface area contributed by atoms with E-state index in [1.165, 1.54) is 6.07 Å². The van der Waals surface area contributed by atoms with Gasteiger partial charge < -0.3 is 14.8 Å². The second-order valence-corrected chi connectivity index (χ2v) is 8.34. The molecule has 31 heavy (non-hydrogen) atoms. The van der Waals surface area contributed by atoms with E-state index in [0.717, 1.165) is 22.5 Å². The zero-order chi connectivity index (χ0) is 21.4. The van der Waals surface area contributed by atoms with Crippen molar-refractivity contribution >= 4 is 27.6 Å². The molecule has 1 aliphatic rings. The smallest absolute Gasteiger partial charge is 0.318 e. The number of aromatic nitrogens is 1. The molecule has 0 unspecified atom stereocenters. The monoisotopic (exact) mass is 475 g/mol. The standard InChI is InChI=1S/C25H19BrFN3O/c26-19-12-13-21(20(27)15-19)28-25(31)30-16-18-9-4-5-10-22(18)29-14-6-11-23(29)24(30)17-7-2-1-3-8-17/h1-15,24H,16H2,(H,28,31)/t24-/m1/s1. The number of hydrogen-bond acceptors (Lipinski definition) is 1. The fourth-order valence-electron chi connectivity index (χ4n) is 4.10. The van der Waals surface area contributed by atoms with Gasteiger partial charge in [0.2, 0.25) is 0 Å². The highest BCUT2D eigenvalue weighted by Gasteiger charge is 2.33. The molecule has 1 aromatic heterocycles. The van der Waals surface area contributed by atoms with Crippen LogP contribution in [0.4, 0.5) is 14.9 Å². The number of urea groups is 1. The number of carbonyl (C=O) groups is 1. The van der Waals surface area contributed by atoms with Crippen molar-refractivity contribution in [1.82, 2.24) is 9.47 Å². The van der Waals surface area contributed by atoms with Crippen molar-refractivity contribution in [2.45, 2.75) is 12.6 Å². The van der Waals surface area contributed by atoms with E-state index in [-0.39, 0.29) is 17.8 Å². The SMILES string of the molecule is O=C(Nc1ccc(Br)cc1F)N1Cc2ccccc2-n2cccc2[C@H]1c1ccccc1. The third-order valence-electron chi connectivity index (χ3n) is 5.51. The highest BCUT2D eigenvalue weighted by Crippen LogP contribution is 2.37. The summed E-state index contributed by atoms with van der Waals surface area (Å²) in [6, 6.07) is 25.9. The van der Waals surface area contributed by atoms with Crippen LogP contribution in [0.2, 0.25) is 0 Å². The van der Waals surface area contributed by atoms with E-state index >= 15 is 0 Å². The van der Waals surface area contributed by atoms with Gasteiger partial charge in [0.25, 0.3) is 0 Å². The first-order valence-corrected chi connectivity index (χ1v) is 10.7. The van der Waals surface area contributed by atoms with Crippen LogP contribution in [0.3, 0.4) is 0 Å². The Morgan fingerprint density at radius 2 is 1.74 bits per heavy atom. The topological polar surface area (TPSA) is 37.3 Å². The molecule has 6 heteroatoms. The molecule has 0 bridgehead atoms. The number of amides is 2. The Morgan fingerprint density at radius 1 is 0.968 bits per heavy atom. The van der Waals surface area contributed by atoms with Crippen molar-refractivity contribution in [1.29, 1.82) is 0 Å². The zero-order valence-electron chi connectivity index (χ0n) is 16.5. The number of rotatable bonds is 2. The van der Waals surface area contributed by atoms with Crippen LogP contribution in [-0.2, 0) is 6.54 Å². The average Bonchev–Trinajstić information content (AvgIpc) is 3.20. The summed E-state index contributed by atoms with van der Waals surface area (Å²) in [5.74, 6) is -0.488. The largest absolute Gasteiger partial charge is 0.323 e. The number of para-hydroxylation sites is 1. The summed E-state index contributed by atoms with van der Waals surface area (Å²) in [5.41, 5.74) is 4.16. The molecule has 2 heterocycles. The Bertz CT molecular complexity index is 1250. The van der Waals surface area contributed by atoms with Crippen molar-refractivity contribution in [2.75, 3.05) is 5.32 Å². The molecule has 0 spiro atoms. The summed E-state index contributed by atoms with van der Waals surface area (Å²) in [6.07, 6.45) is 2.01. The maximum Gasteiger partial charge on any atom is 0.323 e. The molecule has 0 aliphatic carbocycles. The molecule has 154 valence electrons. The lowest BCUT2D eigenvalue weighted by Crippen LogP contribution is -2.38. The minimum absolute atomic E-state index is 0.146. The van der Waals surface area contributed by atoms with Crippen molar-refractivity contribution in [3.8, 4) is 5.69 Å². The van der Waals surface area contributed by atoms with Gasteiger partial charge in [-0.2, -0.15) is 0 Å². The molecule has 4 aromatic rings. The third kappa shape index (κ3) is 3.64.